The molecule has 56 valence electrons. The summed E-state index contributed by atoms with van der Waals surface area (Å²) in [6, 6.07) is 0. The topological polar surface area (TPSA) is 87.5 Å². The minimum atomic E-state index is -1.21. The van der Waals surface area contributed by atoms with E-state index in [1.165, 1.54) is 0 Å². The van der Waals surface area contributed by atoms with Gasteiger partial charge in [0.25, 0.3) is 0 Å². The fourth-order valence-electron chi connectivity index (χ4n) is 0.347. The lowest BCUT2D eigenvalue weighted by Gasteiger charge is -1.95. The molecule has 0 bridgehead atoms. The average Bonchev–Trinajstić information content (AvgIpc) is 1.85. The maximum absolute atomic E-state index is 10.3. The number of nitrogens with one attached hydrogen (secondary N) is 1. The Morgan fingerprint density at radius 3 is 2.40 bits per heavy atom. The molecule has 0 unspecified atom stereocenters. The molecule has 0 saturated heterocycles. The van der Waals surface area contributed by atoms with Crippen LogP contribution >= 0.6 is 0 Å². The van der Waals surface area contributed by atoms with Gasteiger partial charge in [0.15, 0.2) is 0 Å². The molecule has 5 nitrogen and oxygen atoms in total. The van der Waals surface area contributed by atoms with Gasteiger partial charge in [-0.2, -0.15) is 0 Å². The van der Waals surface area contributed by atoms with Gasteiger partial charge >= 0.3 is 11.9 Å². The van der Waals surface area contributed by atoms with Crippen molar-refractivity contribution < 1.29 is 19.4 Å². The second-order valence-corrected chi connectivity index (χ2v) is 1.54. The molecule has 0 aliphatic rings. The molecular weight excluding hydrogens is 138 g/mol. The smallest absolute Gasteiger partial charge is 0.352 e. The number of aliphatic carboxylic acids is 1. The van der Waals surface area contributed by atoms with Crippen molar-refractivity contribution in [2.75, 3.05) is 7.11 Å². The number of esters is 1. The summed E-state index contributed by atoms with van der Waals surface area (Å²) in [5.74, 6) is -2.11. The van der Waals surface area contributed by atoms with E-state index in [4.69, 9.17) is 10.5 Å². The molecule has 0 radical (unpaired) electrons. The van der Waals surface area contributed by atoms with Crippen molar-refractivity contribution in [3.63, 3.8) is 0 Å². The summed E-state index contributed by atoms with van der Waals surface area (Å²) >= 11 is 0. The molecule has 0 aromatic heterocycles. The third kappa shape index (κ3) is 2.81. The van der Waals surface area contributed by atoms with E-state index in [2.05, 4.69) is 4.74 Å². The number of hydrogen-bond acceptors (Lipinski definition) is 4. The molecule has 0 aromatic carbocycles. The van der Waals surface area contributed by atoms with Crippen molar-refractivity contribution >= 4 is 17.7 Å². The van der Waals surface area contributed by atoms with Gasteiger partial charge in [0.05, 0.1) is 13.5 Å². The van der Waals surface area contributed by atoms with Crippen LogP contribution in [-0.2, 0) is 14.3 Å². The SMILES string of the molecule is COC(=O)C(=N)CC(=O)O. The first-order valence-electron chi connectivity index (χ1n) is 2.45. The lowest BCUT2D eigenvalue weighted by atomic mass is 10.3. The van der Waals surface area contributed by atoms with Gasteiger partial charge in [-0.25, -0.2) is 4.79 Å². The third-order valence-electron chi connectivity index (χ3n) is 0.760. The number of ether oxygens (including phenoxy) is 1. The van der Waals surface area contributed by atoms with Gasteiger partial charge in [-0.3, -0.25) is 10.2 Å². The van der Waals surface area contributed by atoms with Crippen molar-refractivity contribution in [3.05, 3.63) is 0 Å². The van der Waals surface area contributed by atoms with Crippen molar-refractivity contribution in [2.45, 2.75) is 6.42 Å². The van der Waals surface area contributed by atoms with Crippen LogP contribution in [0.2, 0.25) is 0 Å². The van der Waals surface area contributed by atoms with E-state index in [0.717, 1.165) is 7.11 Å². The van der Waals surface area contributed by atoms with E-state index < -0.39 is 24.1 Å². The van der Waals surface area contributed by atoms with Crippen molar-refractivity contribution in [1.29, 1.82) is 5.41 Å². The molecule has 0 spiro atoms. The number of carboxylic acid groups (broad SMARTS) is 1. The first kappa shape index (κ1) is 8.61. The van der Waals surface area contributed by atoms with Crippen LogP contribution in [0.4, 0.5) is 0 Å². The molecule has 0 atom stereocenters. The Morgan fingerprint density at radius 2 is 2.10 bits per heavy atom. The summed E-state index contributed by atoms with van der Waals surface area (Å²) in [6.07, 6.45) is -0.591. The first-order valence-corrected chi connectivity index (χ1v) is 2.45. The van der Waals surface area contributed by atoms with Gasteiger partial charge in [0, 0.05) is 0 Å². The van der Waals surface area contributed by atoms with Gasteiger partial charge in [0.1, 0.15) is 5.71 Å². The third-order valence-corrected chi connectivity index (χ3v) is 0.760. The zero-order valence-corrected chi connectivity index (χ0v) is 5.38. The Hall–Kier alpha value is -1.39. The molecule has 5 heteroatoms. The van der Waals surface area contributed by atoms with Crippen LogP contribution in [0.1, 0.15) is 6.42 Å². The predicted octanol–water partition coefficient (Wildman–Crippen LogP) is -0.346. The Labute approximate surface area is 57.1 Å². The molecule has 10 heavy (non-hydrogen) atoms. The Morgan fingerprint density at radius 1 is 1.60 bits per heavy atom. The molecular formula is C5H7NO4. The lowest BCUT2D eigenvalue weighted by molar-refractivity contribution is -0.138. The maximum Gasteiger partial charge on any atom is 0.352 e. The lowest BCUT2D eigenvalue weighted by Crippen LogP contribution is -2.17. The average molecular weight is 145 g/mol. The van der Waals surface area contributed by atoms with Crippen LogP contribution in [0.5, 0.6) is 0 Å². The summed E-state index contributed by atoms with van der Waals surface area (Å²) in [5.41, 5.74) is -0.546. The number of hydrogen-bond donors (Lipinski definition) is 2. The highest BCUT2D eigenvalue weighted by atomic mass is 16.5. The number of carboxylic acids is 1. The molecule has 0 fully saturated rings. The number of carbonyl (C=O) groups excluding carboxylic acids is 1. The highest BCUT2D eigenvalue weighted by Crippen LogP contribution is 1.86. The van der Waals surface area contributed by atoms with Gasteiger partial charge in [0.2, 0.25) is 0 Å². The van der Waals surface area contributed by atoms with E-state index >= 15 is 0 Å². The quantitative estimate of drug-likeness (QED) is 0.420. The van der Waals surface area contributed by atoms with Gasteiger partial charge in [-0.15, -0.1) is 0 Å². The Kier molecular flexibility index (Phi) is 3.10. The summed E-state index contributed by atoms with van der Waals surface area (Å²) in [5, 5.41) is 14.8. The molecule has 0 aliphatic carbocycles. The summed E-state index contributed by atoms with van der Waals surface area (Å²) < 4.78 is 4.09. The predicted molar refractivity (Wildman–Crippen MR) is 32.0 cm³/mol. The van der Waals surface area contributed by atoms with Gasteiger partial charge < -0.3 is 9.84 Å². The van der Waals surface area contributed by atoms with Crippen molar-refractivity contribution in [2.24, 2.45) is 0 Å². The largest absolute Gasteiger partial charge is 0.481 e. The fourth-order valence-corrected chi connectivity index (χ4v) is 0.347. The summed E-state index contributed by atoms with van der Waals surface area (Å²) in [6.45, 7) is 0. The minimum Gasteiger partial charge on any atom is -0.481 e. The van der Waals surface area contributed by atoms with E-state index in [-0.39, 0.29) is 0 Å². The fraction of sp³-hybridized carbons (Fsp3) is 0.400. The van der Waals surface area contributed by atoms with E-state index in [1.807, 2.05) is 0 Å². The van der Waals surface area contributed by atoms with Gasteiger partial charge in [-0.05, 0) is 0 Å². The highest BCUT2D eigenvalue weighted by molar-refractivity contribution is 6.37. The van der Waals surface area contributed by atoms with Crippen LogP contribution in [0.15, 0.2) is 0 Å². The number of methoxy groups -OCH3 is 1. The summed E-state index contributed by atoms with van der Waals surface area (Å²) in [4.78, 5) is 20.2. The Balaban J connectivity index is 3.86. The zero-order chi connectivity index (χ0) is 8.15. The van der Waals surface area contributed by atoms with E-state index in [9.17, 15) is 9.59 Å². The van der Waals surface area contributed by atoms with Crippen molar-refractivity contribution in [1.82, 2.24) is 0 Å². The van der Waals surface area contributed by atoms with Crippen LogP contribution in [0.3, 0.4) is 0 Å². The summed E-state index contributed by atoms with van der Waals surface area (Å²) in [7, 11) is 1.10. The second kappa shape index (κ2) is 3.60. The molecule has 0 aromatic rings. The van der Waals surface area contributed by atoms with Crippen LogP contribution in [0.25, 0.3) is 0 Å². The normalized spacial score (nSPS) is 8.50. The molecule has 2 N–H and O–H groups in total. The minimum absolute atomic E-state index is 0.546. The van der Waals surface area contributed by atoms with Gasteiger partial charge in [-0.1, -0.05) is 0 Å². The molecule has 0 heterocycles. The maximum atomic E-state index is 10.3. The molecule has 0 rings (SSSR count). The van der Waals surface area contributed by atoms with Crippen LogP contribution < -0.4 is 0 Å². The first-order chi connectivity index (χ1) is 4.57. The van der Waals surface area contributed by atoms with Crippen LogP contribution in [-0.4, -0.2) is 29.9 Å². The van der Waals surface area contributed by atoms with E-state index in [0.29, 0.717) is 0 Å². The number of rotatable bonds is 3. The Bertz CT molecular complexity index is 174. The monoisotopic (exact) mass is 145 g/mol. The highest BCUT2D eigenvalue weighted by Gasteiger charge is 2.12. The number of carbonyl (C=O) groups is 2. The standard InChI is InChI=1S/C5H7NO4/c1-10-5(9)3(6)2-4(7)8/h6H,2H2,1H3,(H,7,8). The van der Waals surface area contributed by atoms with Crippen molar-refractivity contribution in [3.8, 4) is 0 Å². The van der Waals surface area contributed by atoms with E-state index in [1.54, 1.807) is 0 Å². The molecule has 0 aliphatic heterocycles. The van der Waals surface area contributed by atoms with Crippen LogP contribution in [0, 0.1) is 5.41 Å². The molecule has 0 saturated carbocycles. The molecule has 0 amide bonds. The second-order valence-electron chi connectivity index (χ2n) is 1.54. The zero-order valence-electron chi connectivity index (χ0n) is 5.38.